The smallest absolute Gasteiger partial charge is 0.315 e. The van der Waals surface area contributed by atoms with Crippen molar-refractivity contribution in [2.24, 2.45) is 40.2 Å². The van der Waals surface area contributed by atoms with Gasteiger partial charge in [0, 0.05) is 19.1 Å². The number of nitrogens with zero attached hydrogens (tertiary/aromatic N) is 1. The van der Waals surface area contributed by atoms with E-state index >= 15 is 0 Å². The van der Waals surface area contributed by atoms with Gasteiger partial charge >= 0.3 is 12.1 Å². The first-order valence-corrected chi connectivity index (χ1v) is 16.3. The number of hydrogen-bond donors (Lipinski definition) is 6. The second kappa shape index (κ2) is 13.9. The zero-order chi connectivity index (χ0) is 34.0. The lowest BCUT2D eigenvalue weighted by molar-refractivity contribution is -0.145. The number of Topliss-reactive ketones (excluding diaryl/α,β-unsaturated/α-hetero) is 1. The predicted octanol–water partition coefficient (Wildman–Crippen LogP) is 1.64. The molecule has 3 aliphatic rings. The molecular weight excluding hydrogens is 578 g/mol. The minimum absolute atomic E-state index is 0.0177. The summed E-state index contributed by atoms with van der Waals surface area (Å²) in [5.74, 6) is -2.64. The zero-order valence-corrected chi connectivity index (χ0v) is 28.4. The first kappa shape index (κ1) is 36.1. The van der Waals surface area contributed by atoms with Gasteiger partial charge in [0.1, 0.15) is 12.1 Å². The molecule has 2 aliphatic carbocycles. The normalized spacial score (nSPS) is 24.1. The number of primary amides is 1. The highest BCUT2D eigenvalue weighted by molar-refractivity contribution is 6.37. The van der Waals surface area contributed by atoms with E-state index in [1.807, 2.05) is 48.5 Å². The third-order valence-electron chi connectivity index (χ3n) is 9.84. The van der Waals surface area contributed by atoms with Crippen molar-refractivity contribution in [1.29, 1.82) is 0 Å². The minimum Gasteiger partial charge on any atom is -0.363 e. The molecule has 0 aromatic heterocycles. The van der Waals surface area contributed by atoms with E-state index in [9.17, 15) is 28.8 Å². The number of carbonyl (C=O) groups is 6. The number of carbonyl (C=O) groups excluding carboxylic acids is 6. The summed E-state index contributed by atoms with van der Waals surface area (Å²) >= 11 is 0. The third-order valence-corrected chi connectivity index (χ3v) is 9.84. The molecule has 3 fully saturated rings. The molecule has 0 bridgehead atoms. The molecule has 6 atom stereocenters. The molecule has 7 amide bonds. The Labute approximate surface area is 267 Å². The van der Waals surface area contributed by atoms with Crippen molar-refractivity contribution in [3.05, 3.63) is 0 Å². The van der Waals surface area contributed by atoms with E-state index in [0.29, 0.717) is 13.0 Å². The molecule has 254 valence electrons. The van der Waals surface area contributed by atoms with E-state index in [2.05, 4.69) is 40.4 Å². The van der Waals surface area contributed by atoms with Crippen LogP contribution >= 0.6 is 0 Å². The molecule has 2 saturated carbocycles. The SMILES string of the molecule is CC(C)NC(=O)NC[C@@H](NC(=O)N[C@H](C(=O)N1C[C@H]2[C@@H]([C@H]1C(=O)NC(CC1CCC1)C(=O)C(N)=O)C2(C)C)C(C)(C)C)C(C)C. The Hall–Kier alpha value is -3.38. The van der Waals surface area contributed by atoms with Crippen molar-refractivity contribution < 1.29 is 28.8 Å². The van der Waals surface area contributed by atoms with Crippen LogP contribution in [-0.2, 0) is 19.2 Å². The van der Waals surface area contributed by atoms with Gasteiger partial charge in [-0.15, -0.1) is 0 Å². The fourth-order valence-corrected chi connectivity index (χ4v) is 6.66. The van der Waals surface area contributed by atoms with E-state index in [1.54, 1.807) is 0 Å². The Morgan fingerprint density at radius 1 is 0.911 bits per heavy atom. The van der Waals surface area contributed by atoms with Gasteiger partial charge in [0.05, 0.1) is 12.1 Å². The van der Waals surface area contributed by atoms with Gasteiger partial charge in [0.15, 0.2) is 0 Å². The summed E-state index contributed by atoms with van der Waals surface area (Å²) < 4.78 is 0. The number of likely N-dealkylation sites (tertiary alicyclic amines) is 1. The number of fused-ring (bicyclic) bond motifs is 1. The van der Waals surface area contributed by atoms with E-state index < -0.39 is 59.1 Å². The van der Waals surface area contributed by atoms with Crippen LogP contribution in [0.4, 0.5) is 9.59 Å². The van der Waals surface area contributed by atoms with Gasteiger partial charge in [0.25, 0.3) is 5.91 Å². The molecule has 0 radical (unpaired) electrons. The van der Waals surface area contributed by atoms with Gasteiger partial charge in [-0.25, -0.2) is 9.59 Å². The average Bonchev–Trinajstić information content (AvgIpc) is 3.20. The van der Waals surface area contributed by atoms with Gasteiger partial charge in [-0.2, -0.15) is 0 Å². The summed E-state index contributed by atoms with van der Waals surface area (Å²) in [5, 5.41) is 14.0. The maximum absolute atomic E-state index is 14.2. The van der Waals surface area contributed by atoms with Crippen molar-refractivity contribution in [2.75, 3.05) is 13.1 Å². The van der Waals surface area contributed by atoms with Crippen LogP contribution in [0.1, 0.15) is 88.0 Å². The number of hydrogen-bond acceptors (Lipinski definition) is 6. The monoisotopic (exact) mass is 633 g/mol. The molecule has 1 heterocycles. The van der Waals surface area contributed by atoms with Gasteiger partial charge < -0.3 is 37.2 Å². The lowest BCUT2D eigenvalue weighted by Crippen LogP contribution is -2.62. The van der Waals surface area contributed by atoms with E-state index in [-0.39, 0.29) is 47.7 Å². The quantitative estimate of drug-likeness (QED) is 0.167. The lowest BCUT2D eigenvalue weighted by atomic mass is 9.80. The van der Waals surface area contributed by atoms with Crippen LogP contribution in [0, 0.1) is 34.5 Å². The Morgan fingerprint density at radius 2 is 1.53 bits per heavy atom. The molecular formula is C32H55N7O6. The minimum atomic E-state index is -1.10. The largest absolute Gasteiger partial charge is 0.363 e. The van der Waals surface area contributed by atoms with Crippen LogP contribution in [0.3, 0.4) is 0 Å². The Kier molecular flexibility index (Phi) is 11.2. The van der Waals surface area contributed by atoms with Crippen LogP contribution < -0.4 is 32.3 Å². The molecule has 0 aromatic rings. The van der Waals surface area contributed by atoms with Crippen molar-refractivity contribution in [3.8, 4) is 0 Å². The number of amides is 7. The number of nitrogens with two attached hydrogens (primary N) is 1. The highest BCUT2D eigenvalue weighted by Gasteiger charge is 2.70. The molecule has 0 aromatic carbocycles. The second-order valence-corrected chi connectivity index (χ2v) is 15.5. The summed E-state index contributed by atoms with van der Waals surface area (Å²) in [4.78, 5) is 79.5. The first-order chi connectivity index (χ1) is 20.7. The number of ketones is 1. The van der Waals surface area contributed by atoms with Gasteiger partial charge in [0.2, 0.25) is 17.6 Å². The molecule has 13 heteroatoms. The lowest BCUT2D eigenvalue weighted by Gasteiger charge is -2.38. The van der Waals surface area contributed by atoms with Crippen LogP contribution in [0.15, 0.2) is 0 Å². The zero-order valence-electron chi connectivity index (χ0n) is 28.4. The third kappa shape index (κ3) is 8.66. The summed E-state index contributed by atoms with van der Waals surface area (Å²) in [5.41, 5.74) is 4.42. The van der Waals surface area contributed by atoms with Crippen molar-refractivity contribution in [1.82, 2.24) is 31.5 Å². The molecule has 7 N–H and O–H groups in total. The highest BCUT2D eigenvalue weighted by Crippen LogP contribution is 2.65. The van der Waals surface area contributed by atoms with Gasteiger partial charge in [-0.1, -0.05) is 67.7 Å². The number of nitrogens with one attached hydrogen (secondary N) is 5. The molecule has 1 unspecified atom stereocenters. The summed E-state index contributed by atoms with van der Waals surface area (Å²) in [6.45, 7) is 17.7. The molecule has 1 aliphatic heterocycles. The first-order valence-electron chi connectivity index (χ1n) is 16.3. The molecule has 13 nitrogen and oxygen atoms in total. The molecule has 3 rings (SSSR count). The van der Waals surface area contributed by atoms with Crippen LogP contribution in [-0.4, -0.2) is 83.8 Å². The van der Waals surface area contributed by atoms with Crippen molar-refractivity contribution in [3.63, 3.8) is 0 Å². The second-order valence-electron chi connectivity index (χ2n) is 15.5. The van der Waals surface area contributed by atoms with Gasteiger partial charge in [-0.3, -0.25) is 19.2 Å². The number of urea groups is 2. The topological polar surface area (TPSA) is 192 Å². The Bertz CT molecular complexity index is 1160. The van der Waals surface area contributed by atoms with E-state index in [1.165, 1.54) is 4.90 Å². The van der Waals surface area contributed by atoms with Gasteiger partial charge in [-0.05, 0) is 54.8 Å². The van der Waals surface area contributed by atoms with Crippen LogP contribution in [0.5, 0.6) is 0 Å². The standard InChI is InChI=1S/C32H55N7O6/c1-16(2)21(14-34-29(44)35-17(3)4)37-30(45)38-25(31(5,6)7)28(43)39-15-19-22(32(19,8)9)23(39)27(42)36-20(24(40)26(33)41)13-18-11-10-12-18/h16-23,25H,10-15H2,1-9H3,(H2,33,41)(H,36,42)(H2,34,35,44)(H2,37,38,45)/t19-,20?,21+,22-,23-,25+/m0/s1. The van der Waals surface area contributed by atoms with E-state index in [0.717, 1.165) is 19.3 Å². The predicted molar refractivity (Wildman–Crippen MR) is 170 cm³/mol. The maximum Gasteiger partial charge on any atom is 0.315 e. The number of piperidine rings is 1. The Balaban J connectivity index is 1.76. The fourth-order valence-electron chi connectivity index (χ4n) is 6.66. The van der Waals surface area contributed by atoms with Crippen molar-refractivity contribution >= 4 is 35.6 Å². The Morgan fingerprint density at radius 3 is 2.02 bits per heavy atom. The van der Waals surface area contributed by atoms with Crippen LogP contribution in [0.25, 0.3) is 0 Å². The maximum atomic E-state index is 14.2. The molecule has 45 heavy (non-hydrogen) atoms. The summed E-state index contributed by atoms with van der Waals surface area (Å²) in [6, 6.07) is -4.22. The van der Waals surface area contributed by atoms with Crippen LogP contribution in [0.2, 0.25) is 0 Å². The summed E-state index contributed by atoms with van der Waals surface area (Å²) in [7, 11) is 0. The summed E-state index contributed by atoms with van der Waals surface area (Å²) in [6.07, 6.45) is 3.21. The highest BCUT2D eigenvalue weighted by atomic mass is 16.2. The molecule has 1 saturated heterocycles. The molecule has 0 spiro atoms. The fraction of sp³-hybridized carbons (Fsp3) is 0.812. The van der Waals surface area contributed by atoms with Crippen molar-refractivity contribution in [2.45, 2.75) is 118 Å². The van der Waals surface area contributed by atoms with E-state index in [4.69, 9.17) is 5.73 Å². The number of rotatable bonds is 13. The average molecular weight is 634 g/mol.